The van der Waals surface area contributed by atoms with Crippen molar-refractivity contribution < 1.29 is 14.0 Å². The van der Waals surface area contributed by atoms with E-state index in [1.807, 2.05) is 6.92 Å². The second-order valence-electron chi connectivity index (χ2n) is 9.73. The lowest BCUT2D eigenvalue weighted by atomic mass is 10.1. The molecule has 0 aliphatic rings. The van der Waals surface area contributed by atoms with Gasteiger partial charge in [-0.1, -0.05) is 50.6 Å². The lowest BCUT2D eigenvalue weighted by Crippen LogP contribution is -2.55. The molecule has 2 rings (SSSR count). The van der Waals surface area contributed by atoms with E-state index in [0.717, 1.165) is 0 Å². The van der Waals surface area contributed by atoms with Gasteiger partial charge in [0, 0.05) is 11.3 Å². The van der Waals surface area contributed by atoms with Gasteiger partial charge in [-0.3, -0.25) is 20.4 Å². The first-order valence-corrected chi connectivity index (χ1v) is 14.4. The predicted molar refractivity (Wildman–Crippen MR) is 138 cm³/mol. The molecule has 2 amide bonds. The number of carbonyl (C=O) groups excluding carboxylic acids is 2. The smallest absolute Gasteiger partial charge is 0.269 e. The highest BCUT2D eigenvalue weighted by Gasteiger charge is 2.41. The Kier molecular flexibility index (Phi) is 8.89. The second-order valence-corrected chi connectivity index (χ2v) is 14.9. The van der Waals surface area contributed by atoms with Crippen molar-refractivity contribution in [3.63, 3.8) is 0 Å². The van der Waals surface area contributed by atoms with E-state index in [1.54, 1.807) is 49.4 Å². The number of hydrazine groups is 1. The van der Waals surface area contributed by atoms with Gasteiger partial charge in [0.1, 0.15) is 12.1 Å². The number of benzene rings is 2. The summed E-state index contributed by atoms with van der Waals surface area (Å²) in [4.78, 5) is 25.7. The van der Waals surface area contributed by atoms with Crippen molar-refractivity contribution in [3.8, 4) is 6.07 Å². The van der Waals surface area contributed by atoms with Gasteiger partial charge in [0.25, 0.3) is 11.8 Å². The predicted octanol–water partition coefficient (Wildman–Crippen LogP) is 5.17. The quantitative estimate of drug-likeness (QED) is 0.359. The molecule has 0 radical (unpaired) electrons. The van der Waals surface area contributed by atoms with Crippen LogP contribution >= 0.6 is 11.6 Å². The molecule has 0 aromatic heterocycles. The highest BCUT2D eigenvalue weighted by molar-refractivity contribution is 6.74. The van der Waals surface area contributed by atoms with Crippen LogP contribution in [0.25, 0.3) is 0 Å². The monoisotopic (exact) mass is 500 g/mol. The van der Waals surface area contributed by atoms with E-state index in [0.29, 0.717) is 27.4 Å². The number of hydrogen-bond acceptors (Lipinski definition) is 5. The molecule has 0 aliphatic carbocycles. The van der Waals surface area contributed by atoms with E-state index >= 15 is 0 Å². The zero-order chi connectivity index (χ0) is 25.7. The van der Waals surface area contributed by atoms with Crippen LogP contribution in [-0.4, -0.2) is 32.3 Å². The molecular weight excluding hydrogens is 468 g/mol. The van der Waals surface area contributed by atoms with Crippen LogP contribution in [-0.2, 0) is 9.22 Å². The summed E-state index contributed by atoms with van der Waals surface area (Å²) in [6.45, 7) is 14.2. The van der Waals surface area contributed by atoms with Gasteiger partial charge in [-0.15, -0.1) is 0 Å². The summed E-state index contributed by atoms with van der Waals surface area (Å²) in [5.74, 6) is -0.890. The van der Waals surface area contributed by atoms with Gasteiger partial charge >= 0.3 is 0 Å². The number of nitrogens with zero attached hydrogens (tertiary/aromatic N) is 1. The number of hydrogen-bond donors (Lipinski definition) is 3. The van der Waals surface area contributed by atoms with Crippen LogP contribution in [0.4, 0.5) is 5.69 Å². The van der Waals surface area contributed by atoms with Crippen LogP contribution < -0.4 is 16.2 Å². The first-order valence-electron chi connectivity index (χ1n) is 11.1. The number of halogens is 1. The number of rotatable bonds is 7. The topological polar surface area (TPSA) is 103 Å². The molecule has 0 bridgehead atoms. The van der Waals surface area contributed by atoms with Gasteiger partial charge < -0.3 is 9.74 Å². The molecule has 34 heavy (non-hydrogen) atoms. The highest BCUT2D eigenvalue weighted by atomic mass is 35.5. The number of amides is 2. The van der Waals surface area contributed by atoms with Crippen molar-refractivity contribution in [2.45, 2.75) is 64.9 Å². The van der Waals surface area contributed by atoms with Gasteiger partial charge in [0.2, 0.25) is 0 Å². The lowest BCUT2D eigenvalue weighted by molar-refractivity contribution is -0.124. The first-order chi connectivity index (χ1) is 15.8. The van der Waals surface area contributed by atoms with Gasteiger partial charge in [0.15, 0.2) is 8.32 Å². The zero-order valence-corrected chi connectivity index (χ0v) is 22.5. The molecule has 0 saturated carbocycles. The van der Waals surface area contributed by atoms with Crippen molar-refractivity contribution in [2.75, 3.05) is 5.32 Å². The highest BCUT2D eigenvalue weighted by Crippen LogP contribution is 2.38. The van der Waals surface area contributed by atoms with E-state index < -0.39 is 32.3 Å². The minimum atomic E-state index is -2.21. The zero-order valence-electron chi connectivity index (χ0n) is 20.7. The van der Waals surface area contributed by atoms with E-state index in [-0.39, 0.29) is 5.04 Å². The summed E-state index contributed by atoms with van der Waals surface area (Å²) in [6.07, 6.45) is -0.525. The fourth-order valence-electron chi connectivity index (χ4n) is 3.06. The third kappa shape index (κ3) is 6.60. The average Bonchev–Trinajstić information content (AvgIpc) is 2.77. The molecule has 0 heterocycles. The van der Waals surface area contributed by atoms with Crippen LogP contribution in [0.15, 0.2) is 42.5 Å². The van der Waals surface area contributed by atoms with Crippen molar-refractivity contribution in [1.82, 2.24) is 10.9 Å². The van der Waals surface area contributed by atoms with Crippen molar-refractivity contribution in [2.24, 2.45) is 0 Å². The maximum Gasteiger partial charge on any atom is 0.269 e. The Morgan fingerprint density at radius 1 is 1.09 bits per heavy atom. The number of nitrogens with one attached hydrogen (secondary N) is 3. The minimum absolute atomic E-state index is 0.0581. The Morgan fingerprint density at radius 2 is 1.71 bits per heavy atom. The molecule has 9 heteroatoms. The average molecular weight is 501 g/mol. The fraction of sp³-hybridized carbons (Fsp3) is 0.400. The van der Waals surface area contributed by atoms with Gasteiger partial charge in [0.05, 0.1) is 16.7 Å². The van der Waals surface area contributed by atoms with E-state index in [9.17, 15) is 14.9 Å². The van der Waals surface area contributed by atoms with Gasteiger partial charge in [-0.05, 0) is 61.8 Å². The van der Waals surface area contributed by atoms with Crippen molar-refractivity contribution >= 4 is 37.4 Å². The minimum Gasteiger partial charge on any atom is -0.412 e. The van der Waals surface area contributed by atoms with Crippen molar-refractivity contribution in [3.05, 3.63) is 64.2 Å². The standard InChI is InChI=1S/C25H33ClN4O3Si/c1-16-20(14-13-19(15-27)21(16)26)28-22(17(2)33-34(6,7)25(3,4)5)24(32)30-29-23(31)18-11-9-8-10-12-18/h8-14,17,22,28H,1-7H3,(H,29,31)(H,30,32)/t17-,22+/m0/s1. The second kappa shape index (κ2) is 11.0. The van der Waals surface area contributed by atoms with E-state index in [4.69, 9.17) is 16.0 Å². The molecule has 2 aromatic carbocycles. The molecule has 3 N–H and O–H groups in total. The summed E-state index contributed by atoms with van der Waals surface area (Å²) in [6, 6.07) is 13.1. The van der Waals surface area contributed by atoms with Crippen LogP contribution in [0.2, 0.25) is 23.2 Å². The summed E-state index contributed by atoms with van der Waals surface area (Å²) in [7, 11) is -2.21. The number of anilines is 1. The molecule has 182 valence electrons. The Bertz CT molecular complexity index is 1080. The lowest BCUT2D eigenvalue weighted by Gasteiger charge is -2.40. The fourth-order valence-corrected chi connectivity index (χ4v) is 4.68. The van der Waals surface area contributed by atoms with Gasteiger partial charge in [-0.25, -0.2) is 0 Å². The number of nitriles is 1. The van der Waals surface area contributed by atoms with Crippen LogP contribution in [0.3, 0.4) is 0 Å². The summed E-state index contributed by atoms with van der Waals surface area (Å²) < 4.78 is 6.48. The summed E-state index contributed by atoms with van der Waals surface area (Å²) in [5.41, 5.74) is 7.00. The third-order valence-corrected chi connectivity index (χ3v) is 11.3. The molecule has 2 aromatic rings. The Labute approximate surface area is 207 Å². The van der Waals surface area contributed by atoms with Crippen LogP contribution in [0, 0.1) is 18.3 Å². The molecule has 0 unspecified atom stereocenters. The van der Waals surface area contributed by atoms with Crippen molar-refractivity contribution in [1.29, 1.82) is 5.26 Å². The Hall–Kier alpha value is -2.86. The Balaban J connectivity index is 2.29. The normalized spacial score (nSPS) is 13.4. The number of carbonyl (C=O) groups is 2. The van der Waals surface area contributed by atoms with Gasteiger partial charge in [-0.2, -0.15) is 5.26 Å². The third-order valence-electron chi connectivity index (χ3n) is 6.19. The molecule has 2 atom stereocenters. The molecule has 0 aliphatic heterocycles. The van der Waals surface area contributed by atoms with E-state index in [1.165, 1.54) is 0 Å². The molecule has 0 fully saturated rings. The summed E-state index contributed by atoms with van der Waals surface area (Å²) in [5, 5.41) is 12.7. The Morgan fingerprint density at radius 3 is 2.26 bits per heavy atom. The molecule has 0 saturated heterocycles. The first kappa shape index (κ1) is 27.4. The molecular formula is C25H33ClN4O3Si. The molecule has 0 spiro atoms. The maximum absolute atomic E-state index is 13.2. The van der Waals surface area contributed by atoms with Crippen LogP contribution in [0.1, 0.15) is 49.2 Å². The largest absolute Gasteiger partial charge is 0.412 e. The van der Waals surface area contributed by atoms with E-state index in [2.05, 4.69) is 56.1 Å². The van der Waals surface area contributed by atoms with Crippen LogP contribution in [0.5, 0.6) is 0 Å². The maximum atomic E-state index is 13.2. The molecule has 7 nitrogen and oxygen atoms in total. The summed E-state index contributed by atoms with van der Waals surface area (Å²) >= 11 is 6.33. The SMILES string of the molecule is Cc1c(N[C@@H](C(=O)NNC(=O)c2ccccc2)[C@H](C)O[Si](C)(C)C(C)(C)C)ccc(C#N)c1Cl.